The van der Waals surface area contributed by atoms with Crippen molar-refractivity contribution in [2.75, 3.05) is 6.67 Å². The fraction of sp³-hybridized carbons (Fsp3) is 0.938. The highest BCUT2D eigenvalue weighted by atomic mass is 16.2. The smallest absolute Gasteiger partial charge is 0.241 e. The molecule has 1 saturated heterocycles. The van der Waals surface area contributed by atoms with Gasteiger partial charge in [0, 0.05) is 6.04 Å². The second kappa shape index (κ2) is 7.28. The van der Waals surface area contributed by atoms with Crippen molar-refractivity contribution in [1.29, 1.82) is 0 Å². The van der Waals surface area contributed by atoms with Gasteiger partial charge in [-0.05, 0) is 38.0 Å². The SMILES string of the molecule is CCCCC1NCN(C2CCC(CCC)CC2)C1=O. The minimum Gasteiger partial charge on any atom is -0.326 e. The second-order valence-electron chi connectivity index (χ2n) is 6.33. The van der Waals surface area contributed by atoms with Crippen LogP contribution in [0.2, 0.25) is 0 Å². The van der Waals surface area contributed by atoms with Crippen LogP contribution in [-0.4, -0.2) is 29.6 Å². The summed E-state index contributed by atoms with van der Waals surface area (Å²) < 4.78 is 0. The topological polar surface area (TPSA) is 32.3 Å². The minimum absolute atomic E-state index is 0.105. The molecule has 1 aliphatic heterocycles. The molecule has 3 heteroatoms. The van der Waals surface area contributed by atoms with E-state index in [1.807, 2.05) is 0 Å². The van der Waals surface area contributed by atoms with Gasteiger partial charge in [0.25, 0.3) is 0 Å². The molecule has 0 aromatic carbocycles. The van der Waals surface area contributed by atoms with Gasteiger partial charge in [-0.15, -0.1) is 0 Å². The zero-order valence-corrected chi connectivity index (χ0v) is 12.7. The molecule has 1 aliphatic carbocycles. The fourth-order valence-corrected chi connectivity index (χ4v) is 3.67. The molecule has 1 heterocycles. The lowest BCUT2D eigenvalue weighted by Crippen LogP contribution is -2.40. The number of amides is 1. The van der Waals surface area contributed by atoms with Gasteiger partial charge in [0.2, 0.25) is 5.91 Å². The number of nitrogens with zero attached hydrogens (tertiary/aromatic N) is 1. The van der Waals surface area contributed by atoms with Gasteiger partial charge in [0.05, 0.1) is 12.7 Å². The largest absolute Gasteiger partial charge is 0.326 e. The van der Waals surface area contributed by atoms with E-state index < -0.39 is 0 Å². The Labute approximate surface area is 118 Å². The van der Waals surface area contributed by atoms with Gasteiger partial charge < -0.3 is 4.90 Å². The maximum Gasteiger partial charge on any atom is 0.241 e. The van der Waals surface area contributed by atoms with Crippen molar-refractivity contribution in [3.8, 4) is 0 Å². The van der Waals surface area contributed by atoms with Crippen molar-refractivity contribution in [1.82, 2.24) is 10.2 Å². The Morgan fingerprint density at radius 1 is 1.11 bits per heavy atom. The first kappa shape index (κ1) is 14.8. The summed E-state index contributed by atoms with van der Waals surface area (Å²) in [6, 6.07) is 0.619. The maximum atomic E-state index is 12.4. The second-order valence-corrected chi connectivity index (χ2v) is 6.33. The van der Waals surface area contributed by atoms with Gasteiger partial charge in [-0.3, -0.25) is 10.1 Å². The molecule has 1 N–H and O–H groups in total. The van der Waals surface area contributed by atoms with Crippen LogP contribution in [0.15, 0.2) is 0 Å². The third kappa shape index (κ3) is 3.71. The van der Waals surface area contributed by atoms with Gasteiger partial charge in [0.15, 0.2) is 0 Å². The third-order valence-corrected chi connectivity index (χ3v) is 4.89. The van der Waals surface area contributed by atoms with E-state index in [0.29, 0.717) is 11.9 Å². The predicted molar refractivity (Wildman–Crippen MR) is 78.8 cm³/mol. The number of nitrogens with one attached hydrogen (secondary N) is 1. The highest BCUT2D eigenvalue weighted by Gasteiger charge is 2.36. The van der Waals surface area contributed by atoms with Gasteiger partial charge in [0.1, 0.15) is 0 Å². The first-order valence-electron chi connectivity index (χ1n) is 8.30. The summed E-state index contributed by atoms with van der Waals surface area (Å²) in [6.07, 6.45) is 11.1. The van der Waals surface area contributed by atoms with Crippen LogP contribution in [0.25, 0.3) is 0 Å². The molecule has 0 spiro atoms. The standard InChI is InChI=1S/C16H30N2O/c1-3-5-7-15-16(19)18(12-17-15)14-10-8-13(6-4-2)9-11-14/h13-15,17H,3-12H2,1-2H3. The highest BCUT2D eigenvalue weighted by molar-refractivity contribution is 5.84. The normalized spacial score (nSPS) is 32.0. The van der Waals surface area contributed by atoms with E-state index in [1.165, 1.54) is 44.9 Å². The lowest BCUT2D eigenvalue weighted by atomic mass is 9.83. The van der Waals surface area contributed by atoms with Gasteiger partial charge in [-0.1, -0.05) is 39.5 Å². The highest BCUT2D eigenvalue weighted by Crippen LogP contribution is 2.31. The van der Waals surface area contributed by atoms with Crippen molar-refractivity contribution < 1.29 is 4.79 Å². The van der Waals surface area contributed by atoms with E-state index >= 15 is 0 Å². The zero-order valence-electron chi connectivity index (χ0n) is 12.7. The van der Waals surface area contributed by atoms with Crippen molar-refractivity contribution >= 4 is 5.91 Å². The molecule has 1 atom stereocenters. The Balaban J connectivity index is 1.79. The Kier molecular flexibility index (Phi) is 5.68. The van der Waals surface area contributed by atoms with E-state index in [1.54, 1.807) is 0 Å². The lowest BCUT2D eigenvalue weighted by Gasteiger charge is -2.34. The molecule has 1 amide bonds. The van der Waals surface area contributed by atoms with Crippen molar-refractivity contribution in [2.45, 2.75) is 83.7 Å². The summed E-state index contributed by atoms with van der Waals surface area (Å²) >= 11 is 0. The molecule has 0 aromatic heterocycles. The first-order chi connectivity index (χ1) is 9.26. The van der Waals surface area contributed by atoms with Gasteiger partial charge in [-0.2, -0.15) is 0 Å². The molecule has 1 unspecified atom stereocenters. The van der Waals surface area contributed by atoms with Crippen LogP contribution < -0.4 is 5.32 Å². The summed E-state index contributed by atoms with van der Waals surface area (Å²) in [5.41, 5.74) is 0. The Morgan fingerprint density at radius 3 is 2.47 bits per heavy atom. The molecule has 2 aliphatic rings. The van der Waals surface area contributed by atoms with Crippen LogP contribution in [-0.2, 0) is 4.79 Å². The van der Waals surface area contributed by atoms with Crippen LogP contribution in [0.1, 0.15) is 71.6 Å². The number of carbonyl (C=O) groups is 1. The molecule has 1 saturated carbocycles. The van der Waals surface area contributed by atoms with Gasteiger partial charge >= 0.3 is 0 Å². The van der Waals surface area contributed by atoms with E-state index in [4.69, 9.17) is 0 Å². The summed E-state index contributed by atoms with van der Waals surface area (Å²) in [5.74, 6) is 1.29. The maximum absolute atomic E-state index is 12.4. The van der Waals surface area contributed by atoms with Crippen molar-refractivity contribution in [3.63, 3.8) is 0 Å². The Bertz CT molecular complexity index is 284. The Hall–Kier alpha value is -0.570. The number of rotatable bonds is 6. The fourth-order valence-electron chi connectivity index (χ4n) is 3.67. The van der Waals surface area contributed by atoms with Crippen LogP contribution in [0.3, 0.4) is 0 Å². The number of hydrogen-bond donors (Lipinski definition) is 1. The first-order valence-corrected chi connectivity index (χ1v) is 8.30. The average Bonchev–Trinajstić information content (AvgIpc) is 2.79. The number of unbranched alkanes of at least 4 members (excludes halogenated alkanes) is 1. The third-order valence-electron chi connectivity index (χ3n) is 4.89. The van der Waals surface area contributed by atoms with Gasteiger partial charge in [-0.25, -0.2) is 0 Å². The predicted octanol–water partition coefficient (Wildman–Crippen LogP) is 3.29. The summed E-state index contributed by atoms with van der Waals surface area (Å²) in [6.45, 7) is 5.25. The summed E-state index contributed by atoms with van der Waals surface area (Å²) in [4.78, 5) is 14.5. The lowest BCUT2D eigenvalue weighted by molar-refractivity contribution is -0.131. The van der Waals surface area contributed by atoms with E-state index in [2.05, 4.69) is 24.1 Å². The van der Waals surface area contributed by atoms with Crippen LogP contribution in [0.4, 0.5) is 0 Å². The summed E-state index contributed by atoms with van der Waals surface area (Å²) in [7, 11) is 0. The molecule has 2 rings (SSSR count). The molecule has 0 aromatic rings. The zero-order chi connectivity index (χ0) is 13.7. The van der Waals surface area contributed by atoms with Crippen LogP contribution in [0, 0.1) is 5.92 Å². The monoisotopic (exact) mass is 266 g/mol. The molecule has 110 valence electrons. The molecule has 2 fully saturated rings. The van der Waals surface area contributed by atoms with Crippen molar-refractivity contribution in [2.24, 2.45) is 5.92 Å². The molecule has 0 bridgehead atoms. The van der Waals surface area contributed by atoms with Crippen LogP contribution in [0.5, 0.6) is 0 Å². The molecule has 0 radical (unpaired) electrons. The number of carbonyl (C=O) groups excluding carboxylic acids is 1. The van der Waals surface area contributed by atoms with E-state index in [-0.39, 0.29) is 6.04 Å². The molecular weight excluding hydrogens is 236 g/mol. The summed E-state index contributed by atoms with van der Waals surface area (Å²) in [5, 5.41) is 3.40. The molecular formula is C16H30N2O. The van der Waals surface area contributed by atoms with Crippen LogP contribution >= 0.6 is 0 Å². The number of hydrogen-bond acceptors (Lipinski definition) is 2. The van der Waals surface area contributed by atoms with E-state index in [0.717, 1.165) is 25.4 Å². The van der Waals surface area contributed by atoms with Crippen molar-refractivity contribution in [3.05, 3.63) is 0 Å². The minimum atomic E-state index is 0.105. The van der Waals surface area contributed by atoms with E-state index in [9.17, 15) is 4.79 Å². The molecule has 3 nitrogen and oxygen atoms in total. The quantitative estimate of drug-likeness (QED) is 0.800. The average molecular weight is 266 g/mol. The Morgan fingerprint density at radius 2 is 1.84 bits per heavy atom. The molecule has 19 heavy (non-hydrogen) atoms.